The number of amides is 1. The summed E-state index contributed by atoms with van der Waals surface area (Å²) < 4.78 is 20.2. The molecule has 0 saturated carbocycles. The highest BCUT2D eigenvalue weighted by Gasteiger charge is 2.40. The fraction of sp³-hybridized carbons (Fsp3) is 0.412. The van der Waals surface area contributed by atoms with Gasteiger partial charge in [-0.3, -0.25) is 4.98 Å². The highest BCUT2D eigenvalue weighted by Crippen LogP contribution is 2.28. The molecule has 0 spiro atoms. The van der Waals surface area contributed by atoms with Gasteiger partial charge in [-0.05, 0) is 41.4 Å². The van der Waals surface area contributed by atoms with E-state index in [4.69, 9.17) is 4.74 Å². The zero-order valence-electron chi connectivity index (χ0n) is 14.8. The normalized spacial score (nSPS) is 18.9. The molecule has 2 aromatic rings. The van der Waals surface area contributed by atoms with Crippen LogP contribution in [0.2, 0.25) is 0 Å². The highest BCUT2D eigenvalue weighted by molar-refractivity contribution is 9.10. The number of rotatable bonds is 6. The molecule has 1 fully saturated rings. The van der Waals surface area contributed by atoms with Crippen LogP contribution in [-0.2, 0) is 4.74 Å². The Bertz CT molecular complexity index is 823. The third-order valence-electron chi connectivity index (χ3n) is 4.26. The number of hydrogen-bond donors (Lipinski definition) is 2. The molecule has 2 aromatic heterocycles. The zero-order chi connectivity index (χ0) is 19.6. The van der Waals surface area contributed by atoms with Crippen LogP contribution in [0.15, 0.2) is 29.0 Å². The number of aliphatic hydroxyl groups is 1. The summed E-state index contributed by atoms with van der Waals surface area (Å²) >= 11 is 3.33. The van der Waals surface area contributed by atoms with E-state index in [1.54, 1.807) is 13.1 Å². The van der Waals surface area contributed by atoms with Crippen molar-refractivity contribution in [1.29, 1.82) is 0 Å². The van der Waals surface area contributed by atoms with Crippen LogP contribution < -0.4 is 10.2 Å². The first-order chi connectivity index (χ1) is 12.9. The van der Waals surface area contributed by atoms with Gasteiger partial charge in [0.25, 0.3) is 0 Å². The second-order valence-corrected chi connectivity index (χ2v) is 7.04. The smallest absolute Gasteiger partial charge is 0.416 e. The second kappa shape index (κ2) is 8.13. The van der Waals surface area contributed by atoms with Gasteiger partial charge in [0.05, 0.1) is 24.0 Å². The summed E-state index contributed by atoms with van der Waals surface area (Å²) in [4.78, 5) is 25.5. The maximum atomic E-state index is 14.3. The Morgan fingerprint density at radius 3 is 2.89 bits per heavy atom. The quantitative estimate of drug-likeness (QED) is 0.712. The summed E-state index contributed by atoms with van der Waals surface area (Å²) in [6.45, 7) is 3.59. The van der Waals surface area contributed by atoms with Crippen LogP contribution in [0.1, 0.15) is 32.0 Å². The number of carbonyl (C=O) groups is 1. The first-order valence-electron chi connectivity index (χ1n) is 8.45. The van der Waals surface area contributed by atoms with E-state index < -0.39 is 24.1 Å². The number of nitrogens with one attached hydrogen (secondary N) is 1. The third kappa shape index (κ3) is 4.16. The van der Waals surface area contributed by atoms with Gasteiger partial charge in [-0.1, -0.05) is 6.92 Å². The van der Waals surface area contributed by atoms with Crippen molar-refractivity contribution in [2.24, 2.45) is 0 Å². The fourth-order valence-corrected chi connectivity index (χ4v) is 2.98. The molecule has 1 saturated heterocycles. The number of aliphatic hydroxyl groups excluding tert-OH is 1. The lowest BCUT2D eigenvalue weighted by molar-refractivity contribution is 0.125. The average molecular weight is 440 g/mol. The highest BCUT2D eigenvalue weighted by atomic mass is 79.9. The Hall–Kier alpha value is -2.33. The molecular weight excluding hydrogens is 421 g/mol. The Morgan fingerprint density at radius 2 is 2.22 bits per heavy atom. The van der Waals surface area contributed by atoms with Gasteiger partial charge < -0.3 is 15.2 Å². The average Bonchev–Trinajstić information content (AvgIpc) is 3.04. The lowest BCUT2D eigenvalue weighted by Crippen LogP contribution is -2.43. The van der Waals surface area contributed by atoms with Crippen LogP contribution in [0, 0.1) is 5.82 Å². The van der Waals surface area contributed by atoms with Crippen molar-refractivity contribution in [1.82, 2.24) is 15.0 Å². The van der Waals surface area contributed by atoms with Crippen LogP contribution in [0.4, 0.5) is 21.0 Å². The Labute approximate surface area is 163 Å². The fourth-order valence-electron chi connectivity index (χ4n) is 2.74. The van der Waals surface area contributed by atoms with Crippen molar-refractivity contribution < 1.29 is 19.0 Å². The van der Waals surface area contributed by atoms with E-state index in [1.807, 2.05) is 19.1 Å². The predicted octanol–water partition coefficient (Wildman–Crippen LogP) is 3.04. The molecular formula is C17H19BrFN5O3. The van der Waals surface area contributed by atoms with Crippen LogP contribution in [-0.4, -0.2) is 44.9 Å². The number of aromatic nitrogens is 3. The molecule has 10 heteroatoms. The Kier molecular flexibility index (Phi) is 5.85. The Balaban J connectivity index is 1.85. The molecule has 27 heavy (non-hydrogen) atoms. The number of anilines is 2. The van der Waals surface area contributed by atoms with E-state index in [0.29, 0.717) is 6.42 Å². The standard InChI is InChI=1S/C17H19BrFN5O3/c1-3-14(25)13-8-27-17(26)24(13)15-11(19)7-21-16(23-15)22-9(2)12-5-4-10(18)6-20-12/h4-7,9,13-14,25H,3,8H2,1-2H3,(H,21,22,23)/t9-,13+,14+/m0/s1. The maximum absolute atomic E-state index is 14.3. The summed E-state index contributed by atoms with van der Waals surface area (Å²) in [5, 5.41) is 13.2. The SMILES string of the molecule is CC[C@@H](O)[C@H]1COC(=O)N1c1nc(N[C@@H](C)c2ccc(Br)cn2)ncc1F. The molecule has 0 radical (unpaired) electrons. The molecule has 3 atom stereocenters. The van der Waals surface area contributed by atoms with E-state index in [-0.39, 0.29) is 24.4 Å². The summed E-state index contributed by atoms with van der Waals surface area (Å²) in [7, 11) is 0. The van der Waals surface area contributed by atoms with Crippen LogP contribution in [0.5, 0.6) is 0 Å². The zero-order valence-corrected chi connectivity index (χ0v) is 16.4. The number of ether oxygens (including phenoxy) is 1. The summed E-state index contributed by atoms with van der Waals surface area (Å²) in [6.07, 6.45) is 1.43. The van der Waals surface area contributed by atoms with Crippen molar-refractivity contribution in [3.63, 3.8) is 0 Å². The molecule has 3 rings (SSSR count). The first-order valence-corrected chi connectivity index (χ1v) is 9.24. The lowest BCUT2D eigenvalue weighted by Gasteiger charge is -2.24. The molecule has 1 aliphatic rings. The predicted molar refractivity (Wildman–Crippen MR) is 99.9 cm³/mol. The number of halogens is 2. The van der Waals surface area contributed by atoms with Crippen molar-refractivity contribution in [2.45, 2.75) is 38.5 Å². The van der Waals surface area contributed by atoms with Gasteiger partial charge in [0.2, 0.25) is 5.95 Å². The minimum Gasteiger partial charge on any atom is -0.447 e. The minimum absolute atomic E-state index is 0.0285. The van der Waals surface area contributed by atoms with Crippen molar-refractivity contribution in [3.8, 4) is 0 Å². The first kappa shape index (κ1) is 19.4. The van der Waals surface area contributed by atoms with E-state index in [1.165, 1.54) is 0 Å². The van der Waals surface area contributed by atoms with Gasteiger partial charge in [0, 0.05) is 10.7 Å². The largest absolute Gasteiger partial charge is 0.447 e. The molecule has 3 heterocycles. The second-order valence-electron chi connectivity index (χ2n) is 6.12. The molecule has 0 unspecified atom stereocenters. The van der Waals surface area contributed by atoms with Crippen molar-refractivity contribution in [2.75, 3.05) is 16.8 Å². The van der Waals surface area contributed by atoms with Gasteiger partial charge in [0.15, 0.2) is 11.6 Å². The molecule has 0 aromatic carbocycles. The van der Waals surface area contributed by atoms with Crippen LogP contribution >= 0.6 is 15.9 Å². The molecule has 8 nitrogen and oxygen atoms in total. The number of pyridine rings is 1. The minimum atomic E-state index is -0.854. The van der Waals surface area contributed by atoms with Gasteiger partial charge in [-0.2, -0.15) is 4.98 Å². The van der Waals surface area contributed by atoms with Gasteiger partial charge in [0.1, 0.15) is 12.6 Å². The molecule has 0 bridgehead atoms. The number of carbonyl (C=O) groups excluding carboxylic acids is 1. The van der Waals surface area contributed by atoms with E-state index in [0.717, 1.165) is 21.3 Å². The molecule has 2 N–H and O–H groups in total. The van der Waals surface area contributed by atoms with Crippen LogP contribution in [0.25, 0.3) is 0 Å². The van der Waals surface area contributed by atoms with Gasteiger partial charge in [-0.15, -0.1) is 0 Å². The Morgan fingerprint density at radius 1 is 1.44 bits per heavy atom. The number of cyclic esters (lactones) is 1. The monoisotopic (exact) mass is 439 g/mol. The third-order valence-corrected chi connectivity index (χ3v) is 4.73. The topological polar surface area (TPSA) is 100 Å². The van der Waals surface area contributed by atoms with Gasteiger partial charge >= 0.3 is 6.09 Å². The molecule has 1 amide bonds. The number of nitrogens with zero attached hydrogens (tertiary/aromatic N) is 4. The van der Waals surface area contributed by atoms with E-state index in [2.05, 4.69) is 36.2 Å². The van der Waals surface area contributed by atoms with Crippen LogP contribution in [0.3, 0.4) is 0 Å². The lowest BCUT2D eigenvalue weighted by atomic mass is 10.1. The molecule has 1 aliphatic heterocycles. The van der Waals surface area contributed by atoms with E-state index >= 15 is 0 Å². The molecule has 144 valence electrons. The van der Waals surface area contributed by atoms with Crippen molar-refractivity contribution in [3.05, 3.63) is 40.5 Å². The maximum Gasteiger partial charge on any atom is 0.416 e. The van der Waals surface area contributed by atoms with E-state index in [9.17, 15) is 14.3 Å². The summed E-state index contributed by atoms with van der Waals surface area (Å²) in [5.74, 6) is -0.876. The summed E-state index contributed by atoms with van der Waals surface area (Å²) in [5.41, 5.74) is 0.743. The van der Waals surface area contributed by atoms with Crippen molar-refractivity contribution >= 4 is 33.8 Å². The number of hydrogen-bond acceptors (Lipinski definition) is 7. The van der Waals surface area contributed by atoms with Gasteiger partial charge in [-0.25, -0.2) is 19.1 Å². The summed E-state index contributed by atoms with van der Waals surface area (Å²) in [6, 6.07) is 2.73. The molecule has 0 aliphatic carbocycles.